The molecule has 0 atom stereocenters. The maximum absolute atomic E-state index is 3.61. The summed E-state index contributed by atoms with van der Waals surface area (Å²) in [6.45, 7) is 0. The second kappa shape index (κ2) is 9.20. The highest BCUT2D eigenvalue weighted by atomic mass is 15.1. The van der Waals surface area contributed by atoms with Gasteiger partial charge in [-0.3, -0.25) is 0 Å². The van der Waals surface area contributed by atoms with E-state index >= 15 is 0 Å². The topological polar surface area (TPSA) is 19.0 Å². The number of aromatic amines is 1. The maximum atomic E-state index is 3.61. The summed E-state index contributed by atoms with van der Waals surface area (Å²) in [5.41, 5.74) is 16.7. The largest absolute Gasteiger partial charge is 0.355 e. The highest BCUT2D eigenvalue weighted by Crippen LogP contribution is 2.64. The minimum Gasteiger partial charge on any atom is -0.355 e. The number of rotatable bonds is 3. The number of benzene rings is 6. The van der Waals surface area contributed by atoms with E-state index < -0.39 is 0 Å². The van der Waals surface area contributed by atoms with Crippen LogP contribution in [0, 0.1) is 0 Å². The third-order valence-corrected chi connectivity index (χ3v) is 10.3. The van der Waals surface area contributed by atoms with E-state index in [1.54, 1.807) is 5.57 Å². The molecular formula is C43H30N2. The molecule has 0 saturated heterocycles. The first-order chi connectivity index (χ1) is 22.3. The number of nitrogens with zero attached hydrogens (tertiary/aromatic N) is 1. The first-order valence-electron chi connectivity index (χ1n) is 15.9. The van der Waals surface area contributed by atoms with Crippen molar-refractivity contribution in [2.24, 2.45) is 0 Å². The summed E-state index contributed by atoms with van der Waals surface area (Å²) >= 11 is 0. The monoisotopic (exact) mass is 574 g/mol. The Hall–Kier alpha value is -5.60. The third kappa shape index (κ3) is 3.29. The van der Waals surface area contributed by atoms with E-state index in [4.69, 9.17) is 0 Å². The SMILES string of the molecule is C1=CC2=C(CC1)C1(c3cc(N(c4ccccc4)c4ccc5[nH]c6ccccc6c5c4)ccc32)c2ccccc2-c2ccccc21. The number of fused-ring (bicyclic) bond motifs is 12. The van der Waals surface area contributed by atoms with Crippen LogP contribution in [-0.4, -0.2) is 4.98 Å². The van der Waals surface area contributed by atoms with E-state index in [1.165, 1.54) is 60.9 Å². The Morgan fingerprint density at radius 2 is 1.18 bits per heavy atom. The van der Waals surface area contributed by atoms with Crippen LogP contribution in [0.25, 0.3) is 38.5 Å². The Labute approximate surface area is 262 Å². The number of para-hydroxylation sites is 2. The zero-order chi connectivity index (χ0) is 29.5. The molecule has 6 aromatic carbocycles. The molecule has 1 aromatic heterocycles. The fourth-order valence-corrected chi connectivity index (χ4v) is 8.53. The predicted octanol–water partition coefficient (Wildman–Crippen LogP) is 11.2. The van der Waals surface area contributed by atoms with E-state index in [0.29, 0.717) is 0 Å². The van der Waals surface area contributed by atoms with Crippen LogP contribution in [0.4, 0.5) is 17.1 Å². The Balaban J connectivity index is 1.25. The summed E-state index contributed by atoms with van der Waals surface area (Å²) in [4.78, 5) is 6.03. The highest BCUT2D eigenvalue weighted by molar-refractivity contribution is 6.09. The van der Waals surface area contributed by atoms with Crippen molar-refractivity contribution >= 4 is 44.4 Å². The summed E-state index contributed by atoms with van der Waals surface area (Å²) in [5, 5.41) is 2.49. The van der Waals surface area contributed by atoms with Crippen LogP contribution < -0.4 is 4.90 Å². The van der Waals surface area contributed by atoms with Crippen molar-refractivity contribution in [3.05, 3.63) is 180 Å². The molecule has 2 nitrogen and oxygen atoms in total. The van der Waals surface area contributed by atoms with Crippen LogP contribution in [0.2, 0.25) is 0 Å². The van der Waals surface area contributed by atoms with Gasteiger partial charge in [0.1, 0.15) is 0 Å². The first-order valence-corrected chi connectivity index (χ1v) is 15.9. The lowest BCUT2D eigenvalue weighted by molar-refractivity contribution is 0.714. The molecule has 212 valence electrons. The molecule has 0 unspecified atom stereocenters. The number of allylic oxidation sites excluding steroid dienone is 4. The fourth-order valence-electron chi connectivity index (χ4n) is 8.53. The smallest absolute Gasteiger partial charge is 0.0689 e. The van der Waals surface area contributed by atoms with Gasteiger partial charge in [-0.25, -0.2) is 0 Å². The Morgan fingerprint density at radius 3 is 2.00 bits per heavy atom. The molecule has 1 N–H and O–H groups in total. The van der Waals surface area contributed by atoms with E-state index in [2.05, 4.69) is 162 Å². The van der Waals surface area contributed by atoms with E-state index in [1.807, 2.05) is 0 Å². The lowest BCUT2D eigenvalue weighted by Crippen LogP contribution is -2.28. The Bertz CT molecular complexity index is 2340. The molecule has 0 aliphatic heterocycles. The molecule has 0 amide bonds. The molecule has 7 aromatic rings. The van der Waals surface area contributed by atoms with Crippen molar-refractivity contribution in [3.8, 4) is 11.1 Å². The number of hydrogen-bond acceptors (Lipinski definition) is 1. The molecule has 1 heterocycles. The van der Waals surface area contributed by atoms with Gasteiger partial charge in [0.25, 0.3) is 0 Å². The number of hydrogen-bond donors (Lipinski definition) is 1. The van der Waals surface area contributed by atoms with E-state index in [0.717, 1.165) is 29.7 Å². The summed E-state index contributed by atoms with van der Waals surface area (Å²) in [6, 6.07) is 51.6. The third-order valence-electron chi connectivity index (χ3n) is 10.3. The van der Waals surface area contributed by atoms with Crippen molar-refractivity contribution in [1.29, 1.82) is 0 Å². The fraction of sp³-hybridized carbons (Fsp3) is 0.0698. The van der Waals surface area contributed by atoms with Gasteiger partial charge in [0, 0.05) is 38.9 Å². The van der Waals surface area contributed by atoms with Gasteiger partial charge in [-0.2, -0.15) is 0 Å². The number of nitrogens with one attached hydrogen (secondary N) is 1. The van der Waals surface area contributed by atoms with E-state index in [-0.39, 0.29) is 5.41 Å². The molecule has 0 bridgehead atoms. The Kier molecular flexibility index (Phi) is 5.07. The van der Waals surface area contributed by atoms with Crippen molar-refractivity contribution in [2.45, 2.75) is 18.3 Å². The van der Waals surface area contributed by atoms with Crippen LogP contribution in [0.1, 0.15) is 35.1 Å². The Morgan fingerprint density at radius 1 is 0.511 bits per heavy atom. The lowest BCUT2D eigenvalue weighted by atomic mass is 9.68. The molecule has 3 aliphatic carbocycles. The quantitative estimate of drug-likeness (QED) is 0.222. The van der Waals surface area contributed by atoms with Gasteiger partial charge in [-0.1, -0.05) is 103 Å². The van der Waals surface area contributed by atoms with Crippen LogP contribution in [0.3, 0.4) is 0 Å². The zero-order valence-electron chi connectivity index (χ0n) is 24.8. The number of aromatic nitrogens is 1. The molecule has 0 saturated carbocycles. The molecule has 10 rings (SSSR count). The minimum atomic E-state index is -0.290. The standard InChI is InChI=1S/C43H30N2/c1-2-12-28(13-3-1)45(29-23-25-42-36(26-29)35-17-7-11-21-41(35)44-42)30-22-24-34-33-16-6-10-20-39(33)43(40(34)27-30)37-18-8-4-14-31(37)32-15-5-9-19-38(32)43/h1-9,11-19,21-27,44H,10,20H2. The molecule has 0 radical (unpaired) electrons. The lowest BCUT2D eigenvalue weighted by Gasteiger charge is -2.34. The number of H-pyrrole nitrogens is 1. The normalized spacial score (nSPS) is 15.4. The van der Waals surface area contributed by atoms with Crippen molar-refractivity contribution in [1.82, 2.24) is 4.98 Å². The van der Waals surface area contributed by atoms with Gasteiger partial charge in [0.15, 0.2) is 0 Å². The van der Waals surface area contributed by atoms with Crippen molar-refractivity contribution < 1.29 is 0 Å². The van der Waals surface area contributed by atoms with Crippen molar-refractivity contribution in [2.75, 3.05) is 4.90 Å². The average molecular weight is 575 g/mol. The second-order valence-electron chi connectivity index (χ2n) is 12.5. The van der Waals surface area contributed by atoms with E-state index in [9.17, 15) is 0 Å². The molecule has 2 heteroatoms. The van der Waals surface area contributed by atoms with Crippen molar-refractivity contribution in [3.63, 3.8) is 0 Å². The number of anilines is 3. The van der Waals surface area contributed by atoms with Gasteiger partial charge in [-0.15, -0.1) is 0 Å². The van der Waals surface area contributed by atoms with Crippen LogP contribution >= 0.6 is 0 Å². The van der Waals surface area contributed by atoms with Crippen LogP contribution in [-0.2, 0) is 5.41 Å². The molecule has 45 heavy (non-hydrogen) atoms. The van der Waals surface area contributed by atoms with Gasteiger partial charge in [-0.05, 0) is 106 Å². The second-order valence-corrected chi connectivity index (χ2v) is 12.5. The predicted molar refractivity (Wildman–Crippen MR) is 188 cm³/mol. The highest BCUT2D eigenvalue weighted by Gasteiger charge is 2.52. The van der Waals surface area contributed by atoms with Gasteiger partial charge in [0.05, 0.1) is 5.41 Å². The molecular weight excluding hydrogens is 544 g/mol. The maximum Gasteiger partial charge on any atom is 0.0689 e. The average Bonchev–Trinajstić information content (AvgIpc) is 3.73. The van der Waals surface area contributed by atoms with Gasteiger partial charge in [0.2, 0.25) is 0 Å². The van der Waals surface area contributed by atoms with Gasteiger partial charge < -0.3 is 9.88 Å². The molecule has 0 fully saturated rings. The summed E-state index contributed by atoms with van der Waals surface area (Å²) in [6.07, 6.45) is 6.88. The summed E-state index contributed by atoms with van der Waals surface area (Å²) in [5.74, 6) is 0. The minimum absolute atomic E-state index is 0.290. The van der Waals surface area contributed by atoms with Crippen LogP contribution in [0.5, 0.6) is 0 Å². The van der Waals surface area contributed by atoms with Gasteiger partial charge >= 0.3 is 0 Å². The van der Waals surface area contributed by atoms with Crippen LogP contribution in [0.15, 0.2) is 157 Å². The zero-order valence-corrected chi connectivity index (χ0v) is 24.8. The first kappa shape index (κ1) is 24.8. The molecule has 1 spiro atoms. The molecule has 3 aliphatic rings. The summed E-state index contributed by atoms with van der Waals surface area (Å²) < 4.78 is 0. The summed E-state index contributed by atoms with van der Waals surface area (Å²) in [7, 11) is 0.